The van der Waals surface area contributed by atoms with Crippen molar-refractivity contribution in [2.24, 2.45) is 4.99 Å². The van der Waals surface area contributed by atoms with Crippen molar-refractivity contribution in [3.8, 4) is 5.75 Å². The molecule has 2 rings (SSSR count). The summed E-state index contributed by atoms with van der Waals surface area (Å²) >= 11 is 0. The van der Waals surface area contributed by atoms with Crippen molar-refractivity contribution in [2.75, 3.05) is 33.3 Å². The van der Waals surface area contributed by atoms with Gasteiger partial charge in [0.25, 0.3) is 0 Å². The first-order valence-electron chi connectivity index (χ1n) is 8.57. The normalized spacial score (nSPS) is 11.0. The van der Waals surface area contributed by atoms with E-state index in [9.17, 15) is 0 Å². The molecular formula is C18H28IN5O2. The lowest BCUT2D eigenvalue weighted by Gasteiger charge is -2.22. The fourth-order valence-electron chi connectivity index (χ4n) is 2.29. The molecule has 0 saturated carbocycles. The number of hydrogen-bond acceptors (Lipinski definition) is 5. The molecule has 0 bridgehead atoms. The Morgan fingerprint density at radius 2 is 2.08 bits per heavy atom. The van der Waals surface area contributed by atoms with Crippen LogP contribution in [0.4, 0.5) is 0 Å². The van der Waals surface area contributed by atoms with Gasteiger partial charge in [-0.3, -0.25) is 4.99 Å². The van der Waals surface area contributed by atoms with Crippen LogP contribution in [-0.4, -0.2) is 54.3 Å². The quantitative estimate of drug-likeness (QED) is 0.361. The molecule has 0 spiro atoms. The van der Waals surface area contributed by atoms with Crippen molar-refractivity contribution in [3.05, 3.63) is 41.5 Å². The first-order chi connectivity index (χ1) is 12.1. The lowest BCUT2D eigenvalue weighted by atomic mass is 10.2. The summed E-state index contributed by atoms with van der Waals surface area (Å²) in [6.07, 6.45) is 0.628. The lowest BCUT2D eigenvalue weighted by molar-refractivity contribution is 0.280. The van der Waals surface area contributed by atoms with E-state index in [1.165, 1.54) is 0 Å². The Labute approximate surface area is 172 Å². The molecule has 0 aliphatic carbocycles. The molecule has 8 heteroatoms. The van der Waals surface area contributed by atoms with E-state index in [4.69, 9.17) is 9.26 Å². The van der Waals surface area contributed by atoms with E-state index >= 15 is 0 Å². The Hall–Kier alpha value is -1.84. The minimum absolute atomic E-state index is 0. The van der Waals surface area contributed by atoms with E-state index in [-0.39, 0.29) is 24.0 Å². The first kappa shape index (κ1) is 22.2. The van der Waals surface area contributed by atoms with Crippen molar-refractivity contribution in [1.29, 1.82) is 0 Å². The Balaban J connectivity index is 0.00000338. The van der Waals surface area contributed by atoms with Gasteiger partial charge in [0.1, 0.15) is 12.4 Å². The van der Waals surface area contributed by atoms with Crippen molar-refractivity contribution in [2.45, 2.75) is 27.2 Å². The summed E-state index contributed by atoms with van der Waals surface area (Å²) < 4.78 is 11.0. The van der Waals surface area contributed by atoms with Gasteiger partial charge in [-0.2, -0.15) is 4.98 Å². The Kier molecular flexibility index (Phi) is 10.0. The molecule has 0 atom stereocenters. The fourth-order valence-corrected chi connectivity index (χ4v) is 2.29. The molecule has 0 saturated heterocycles. The average molecular weight is 473 g/mol. The van der Waals surface area contributed by atoms with Crippen LogP contribution in [0.1, 0.15) is 24.2 Å². The molecule has 1 heterocycles. The van der Waals surface area contributed by atoms with E-state index in [1.807, 2.05) is 45.2 Å². The zero-order valence-electron chi connectivity index (χ0n) is 15.9. The standard InChI is InChI=1S/C18H27N5O2.HI/c1-5-19-18(20-11-10-17-21-15(3)22-25-17)23(4)12-13-24-16-9-7-6-8-14(16)2;/h6-9H,5,10-13H2,1-4H3,(H,19,20);1H. The molecule has 0 unspecified atom stereocenters. The second-order valence-electron chi connectivity index (χ2n) is 5.76. The Morgan fingerprint density at radius 3 is 2.73 bits per heavy atom. The van der Waals surface area contributed by atoms with E-state index in [2.05, 4.69) is 32.3 Å². The van der Waals surface area contributed by atoms with E-state index in [0.29, 0.717) is 31.3 Å². The SMILES string of the molecule is CCNC(=NCCc1nc(C)no1)N(C)CCOc1ccccc1C.I. The predicted octanol–water partition coefficient (Wildman–Crippen LogP) is 2.82. The van der Waals surface area contributed by atoms with Gasteiger partial charge < -0.3 is 19.5 Å². The number of aryl methyl sites for hydroxylation is 2. The number of nitrogens with zero attached hydrogens (tertiary/aromatic N) is 4. The third-order valence-corrected chi connectivity index (χ3v) is 3.63. The highest BCUT2D eigenvalue weighted by atomic mass is 127. The molecule has 1 aromatic carbocycles. The topological polar surface area (TPSA) is 75.8 Å². The predicted molar refractivity (Wildman–Crippen MR) is 113 cm³/mol. The summed E-state index contributed by atoms with van der Waals surface area (Å²) in [6.45, 7) is 8.63. The minimum atomic E-state index is 0. The van der Waals surface area contributed by atoms with Gasteiger partial charge in [0.15, 0.2) is 11.8 Å². The number of nitrogens with one attached hydrogen (secondary N) is 1. The number of benzene rings is 1. The van der Waals surface area contributed by atoms with Crippen molar-refractivity contribution in [3.63, 3.8) is 0 Å². The first-order valence-corrected chi connectivity index (χ1v) is 8.57. The van der Waals surface area contributed by atoms with Gasteiger partial charge >= 0.3 is 0 Å². The summed E-state index contributed by atoms with van der Waals surface area (Å²) in [4.78, 5) is 10.9. The largest absolute Gasteiger partial charge is 0.491 e. The molecule has 1 N–H and O–H groups in total. The highest BCUT2D eigenvalue weighted by Crippen LogP contribution is 2.15. The van der Waals surface area contributed by atoms with Gasteiger partial charge in [0, 0.05) is 20.0 Å². The number of ether oxygens (including phenoxy) is 1. The zero-order chi connectivity index (χ0) is 18.1. The van der Waals surface area contributed by atoms with Crippen LogP contribution < -0.4 is 10.1 Å². The van der Waals surface area contributed by atoms with E-state index in [1.54, 1.807) is 0 Å². The lowest BCUT2D eigenvalue weighted by Crippen LogP contribution is -2.41. The summed E-state index contributed by atoms with van der Waals surface area (Å²) in [5.41, 5.74) is 1.14. The Morgan fingerprint density at radius 1 is 1.31 bits per heavy atom. The van der Waals surface area contributed by atoms with Crippen LogP contribution in [0.15, 0.2) is 33.8 Å². The molecule has 0 aliphatic heterocycles. The smallest absolute Gasteiger partial charge is 0.228 e. The highest BCUT2D eigenvalue weighted by molar-refractivity contribution is 14.0. The summed E-state index contributed by atoms with van der Waals surface area (Å²) in [5, 5.41) is 7.07. The minimum Gasteiger partial charge on any atom is -0.491 e. The number of rotatable bonds is 8. The van der Waals surface area contributed by atoms with Crippen LogP contribution in [0.2, 0.25) is 0 Å². The number of hydrogen-bond donors (Lipinski definition) is 1. The number of likely N-dealkylation sites (N-methyl/N-ethyl adjacent to an activating group) is 1. The van der Waals surface area contributed by atoms with Crippen LogP contribution >= 0.6 is 24.0 Å². The molecular weight excluding hydrogens is 445 g/mol. The van der Waals surface area contributed by atoms with Gasteiger partial charge in [-0.15, -0.1) is 24.0 Å². The maximum Gasteiger partial charge on any atom is 0.228 e. The maximum atomic E-state index is 5.85. The second kappa shape index (κ2) is 11.7. The van der Waals surface area contributed by atoms with Gasteiger partial charge in [-0.05, 0) is 32.4 Å². The number of aromatic nitrogens is 2. The van der Waals surface area contributed by atoms with Crippen LogP contribution in [0.5, 0.6) is 5.75 Å². The second-order valence-corrected chi connectivity index (χ2v) is 5.76. The summed E-state index contributed by atoms with van der Waals surface area (Å²) in [5.74, 6) is 3.02. The molecule has 2 aromatic rings. The summed E-state index contributed by atoms with van der Waals surface area (Å²) in [7, 11) is 2.00. The van der Waals surface area contributed by atoms with Gasteiger partial charge in [0.2, 0.25) is 5.89 Å². The highest BCUT2D eigenvalue weighted by Gasteiger charge is 2.07. The molecule has 0 aliphatic rings. The third-order valence-electron chi connectivity index (χ3n) is 3.63. The van der Waals surface area contributed by atoms with Crippen molar-refractivity contribution >= 4 is 29.9 Å². The van der Waals surface area contributed by atoms with E-state index < -0.39 is 0 Å². The molecule has 0 fully saturated rings. The molecule has 0 amide bonds. The number of aliphatic imine (C=N–C) groups is 1. The fraction of sp³-hybridized carbons (Fsp3) is 0.500. The number of guanidine groups is 1. The van der Waals surface area contributed by atoms with Gasteiger partial charge in [0.05, 0.1) is 13.1 Å². The number of halogens is 1. The van der Waals surface area contributed by atoms with Gasteiger partial charge in [-0.1, -0.05) is 23.4 Å². The van der Waals surface area contributed by atoms with Crippen LogP contribution in [0, 0.1) is 13.8 Å². The van der Waals surface area contributed by atoms with Crippen LogP contribution in [0.25, 0.3) is 0 Å². The monoisotopic (exact) mass is 473 g/mol. The molecule has 144 valence electrons. The third kappa shape index (κ3) is 7.19. The van der Waals surface area contributed by atoms with Crippen LogP contribution in [0.3, 0.4) is 0 Å². The molecule has 1 aromatic heterocycles. The molecule has 26 heavy (non-hydrogen) atoms. The van der Waals surface area contributed by atoms with Crippen molar-refractivity contribution in [1.82, 2.24) is 20.4 Å². The van der Waals surface area contributed by atoms with Gasteiger partial charge in [-0.25, -0.2) is 0 Å². The zero-order valence-corrected chi connectivity index (χ0v) is 18.2. The molecule has 7 nitrogen and oxygen atoms in total. The Bertz CT molecular complexity index is 690. The molecule has 0 radical (unpaired) electrons. The number of para-hydroxylation sites is 1. The average Bonchev–Trinajstić information content (AvgIpc) is 3.01. The van der Waals surface area contributed by atoms with E-state index in [0.717, 1.165) is 30.4 Å². The summed E-state index contributed by atoms with van der Waals surface area (Å²) in [6, 6.07) is 8.02. The van der Waals surface area contributed by atoms with Crippen LogP contribution in [-0.2, 0) is 6.42 Å². The maximum absolute atomic E-state index is 5.85. The van der Waals surface area contributed by atoms with Crippen molar-refractivity contribution < 1.29 is 9.26 Å².